The second-order valence-electron chi connectivity index (χ2n) is 3.83. The van der Waals surface area contributed by atoms with Crippen molar-refractivity contribution >= 4 is 29.7 Å². The Morgan fingerprint density at radius 3 is 2.82 bits per heavy atom. The average molecular weight is 278 g/mol. The van der Waals surface area contributed by atoms with Crippen molar-refractivity contribution in [1.82, 2.24) is 9.88 Å². The maximum atomic E-state index is 11.8. The van der Waals surface area contributed by atoms with E-state index < -0.39 is 0 Å². The third kappa shape index (κ3) is 6.00. The molecule has 0 fully saturated rings. The van der Waals surface area contributed by atoms with Crippen molar-refractivity contribution in [3.05, 3.63) is 16.6 Å². The van der Waals surface area contributed by atoms with Gasteiger partial charge in [-0.25, -0.2) is 4.98 Å². The summed E-state index contributed by atoms with van der Waals surface area (Å²) in [5.41, 5.74) is 5.62. The van der Waals surface area contributed by atoms with E-state index in [1.165, 1.54) is 0 Å². The molecule has 1 aromatic heterocycles. The number of likely N-dealkylation sites (N-methyl/N-ethyl adjacent to an activating group) is 1. The van der Waals surface area contributed by atoms with Gasteiger partial charge < -0.3 is 10.6 Å². The van der Waals surface area contributed by atoms with Gasteiger partial charge in [-0.1, -0.05) is 0 Å². The van der Waals surface area contributed by atoms with Crippen molar-refractivity contribution in [3.8, 4) is 0 Å². The lowest BCUT2D eigenvalue weighted by Crippen LogP contribution is -2.36. The molecule has 0 bridgehead atoms. The highest BCUT2D eigenvalue weighted by molar-refractivity contribution is 7.09. The Morgan fingerprint density at radius 1 is 1.65 bits per heavy atom. The van der Waals surface area contributed by atoms with Gasteiger partial charge in [0.25, 0.3) is 0 Å². The summed E-state index contributed by atoms with van der Waals surface area (Å²) < 4.78 is 0. The molecule has 1 rings (SSSR count). The zero-order valence-corrected chi connectivity index (χ0v) is 11.9. The van der Waals surface area contributed by atoms with Crippen molar-refractivity contribution in [2.75, 3.05) is 13.1 Å². The number of hydrogen-bond acceptors (Lipinski definition) is 4. The SMILES string of the molecule is CCN(CCc1nccs1)C(=O)CC(C)N.Cl. The third-order valence-electron chi connectivity index (χ3n) is 2.31. The molecule has 0 radical (unpaired) electrons. The first-order chi connectivity index (χ1) is 7.63. The summed E-state index contributed by atoms with van der Waals surface area (Å²) in [5, 5.41) is 3.03. The van der Waals surface area contributed by atoms with E-state index >= 15 is 0 Å². The summed E-state index contributed by atoms with van der Waals surface area (Å²) in [6.45, 7) is 5.31. The lowest BCUT2D eigenvalue weighted by atomic mass is 10.2. The zero-order chi connectivity index (χ0) is 12.0. The van der Waals surface area contributed by atoms with Crippen molar-refractivity contribution < 1.29 is 4.79 Å². The zero-order valence-electron chi connectivity index (χ0n) is 10.3. The van der Waals surface area contributed by atoms with Gasteiger partial charge >= 0.3 is 0 Å². The fourth-order valence-corrected chi connectivity index (χ4v) is 2.08. The van der Waals surface area contributed by atoms with Crippen LogP contribution >= 0.6 is 23.7 Å². The quantitative estimate of drug-likeness (QED) is 0.861. The first-order valence-electron chi connectivity index (χ1n) is 5.55. The number of hydrogen-bond donors (Lipinski definition) is 1. The smallest absolute Gasteiger partial charge is 0.224 e. The predicted octanol–water partition coefficient (Wildman–Crippen LogP) is 1.69. The average Bonchev–Trinajstić information content (AvgIpc) is 2.70. The number of aromatic nitrogens is 1. The molecule has 1 heterocycles. The molecular formula is C11H20ClN3OS. The summed E-state index contributed by atoms with van der Waals surface area (Å²) in [4.78, 5) is 17.8. The summed E-state index contributed by atoms with van der Waals surface area (Å²) >= 11 is 1.63. The van der Waals surface area contributed by atoms with Gasteiger partial charge in [-0.15, -0.1) is 23.7 Å². The molecule has 0 aliphatic rings. The summed E-state index contributed by atoms with van der Waals surface area (Å²) in [7, 11) is 0. The molecule has 1 atom stereocenters. The molecule has 0 aromatic carbocycles. The molecule has 1 unspecified atom stereocenters. The van der Waals surface area contributed by atoms with Crippen LogP contribution in [0.1, 0.15) is 25.3 Å². The molecule has 1 aromatic rings. The van der Waals surface area contributed by atoms with Crippen LogP contribution in [0.5, 0.6) is 0 Å². The van der Waals surface area contributed by atoms with Gasteiger partial charge in [0.2, 0.25) is 5.91 Å². The van der Waals surface area contributed by atoms with Crippen LogP contribution in [0, 0.1) is 0 Å². The molecule has 2 N–H and O–H groups in total. The van der Waals surface area contributed by atoms with E-state index in [1.54, 1.807) is 17.5 Å². The summed E-state index contributed by atoms with van der Waals surface area (Å²) in [6, 6.07) is -0.0681. The minimum atomic E-state index is -0.0681. The Bertz CT molecular complexity index is 317. The molecule has 0 saturated heterocycles. The molecule has 98 valence electrons. The van der Waals surface area contributed by atoms with Gasteiger partial charge in [0.05, 0.1) is 5.01 Å². The van der Waals surface area contributed by atoms with Gasteiger partial charge in [-0.2, -0.15) is 0 Å². The monoisotopic (exact) mass is 277 g/mol. The van der Waals surface area contributed by atoms with Crippen molar-refractivity contribution in [2.24, 2.45) is 5.73 Å². The first kappa shape index (κ1) is 16.4. The minimum Gasteiger partial charge on any atom is -0.343 e. The molecule has 0 aliphatic carbocycles. The van der Waals surface area contributed by atoms with Gasteiger partial charge in [-0.3, -0.25) is 4.79 Å². The van der Waals surface area contributed by atoms with E-state index in [0.29, 0.717) is 6.42 Å². The number of amides is 1. The van der Waals surface area contributed by atoms with Crippen molar-refractivity contribution in [2.45, 2.75) is 32.7 Å². The van der Waals surface area contributed by atoms with Crippen LogP contribution in [0.2, 0.25) is 0 Å². The van der Waals surface area contributed by atoms with Gasteiger partial charge in [-0.05, 0) is 13.8 Å². The maximum Gasteiger partial charge on any atom is 0.224 e. The maximum absolute atomic E-state index is 11.8. The fraction of sp³-hybridized carbons (Fsp3) is 0.636. The topological polar surface area (TPSA) is 59.2 Å². The highest BCUT2D eigenvalue weighted by Gasteiger charge is 2.13. The number of carbonyl (C=O) groups excluding carboxylic acids is 1. The predicted molar refractivity (Wildman–Crippen MR) is 73.6 cm³/mol. The molecule has 4 nitrogen and oxygen atoms in total. The largest absolute Gasteiger partial charge is 0.343 e. The Labute approximate surface area is 113 Å². The number of nitrogens with zero attached hydrogens (tertiary/aromatic N) is 2. The molecular weight excluding hydrogens is 258 g/mol. The third-order valence-corrected chi connectivity index (χ3v) is 3.15. The molecule has 0 aliphatic heterocycles. The van der Waals surface area contributed by atoms with Gasteiger partial charge in [0, 0.05) is 43.5 Å². The minimum absolute atomic E-state index is 0. The van der Waals surface area contributed by atoms with Crippen LogP contribution in [0.3, 0.4) is 0 Å². The van der Waals surface area contributed by atoms with Crippen LogP contribution in [0.25, 0.3) is 0 Å². The Hall–Kier alpha value is -0.650. The lowest BCUT2D eigenvalue weighted by Gasteiger charge is -2.21. The molecule has 0 spiro atoms. The number of nitrogens with two attached hydrogens (primary N) is 1. The molecule has 0 saturated carbocycles. The van der Waals surface area contributed by atoms with E-state index in [1.807, 2.05) is 24.1 Å². The lowest BCUT2D eigenvalue weighted by molar-refractivity contribution is -0.131. The first-order valence-corrected chi connectivity index (χ1v) is 6.43. The fourth-order valence-electron chi connectivity index (χ4n) is 1.47. The number of carbonyl (C=O) groups is 1. The number of halogens is 1. The summed E-state index contributed by atoms with van der Waals surface area (Å²) in [5.74, 6) is 0.133. The molecule has 17 heavy (non-hydrogen) atoms. The summed E-state index contributed by atoms with van der Waals surface area (Å²) in [6.07, 6.45) is 3.04. The highest BCUT2D eigenvalue weighted by atomic mass is 35.5. The van der Waals surface area contributed by atoms with E-state index in [-0.39, 0.29) is 24.4 Å². The number of rotatable bonds is 6. The van der Waals surface area contributed by atoms with Gasteiger partial charge in [0.15, 0.2) is 0 Å². The Balaban J connectivity index is 0.00000256. The van der Waals surface area contributed by atoms with E-state index in [0.717, 1.165) is 24.5 Å². The second kappa shape index (κ2) is 8.44. The van der Waals surface area contributed by atoms with Gasteiger partial charge in [0.1, 0.15) is 0 Å². The van der Waals surface area contributed by atoms with Crippen molar-refractivity contribution in [3.63, 3.8) is 0 Å². The Kier molecular flexibility index (Phi) is 8.12. The van der Waals surface area contributed by atoms with Crippen molar-refractivity contribution in [1.29, 1.82) is 0 Å². The molecule has 6 heteroatoms. The normalized spacial score (nSPS) is 11.7. The van der Waals surface area contributed by atoms with Crippen LogP contribution < -0.4 is 5.73 Å². The van der Waals surface area contributed by atoms with E-state index in [2.05, 4.69) is 4.98 Å². The highest BCUT2D eigenvalue weighted by Crippen LogP contribution is 2.06. The van der Waals surface area contributed by atoms with E-state index in [9.17, 15) is 4.79 Å². The van der Waals surface area contributed by atoms with Crippen LogP contribution in [-0.4, -0.2) is 34.9 Å². The number of thiazole rings is 1. The van der Waals surface area contributed by atoms with Crippen LogP contribution in [0.15, 0.2) is 11.6 Å². The second-order valence-corrected chi connectivity index (χ2v) is 4.81. The van der Waals surface area contributed by atoms with E-state index in [4.69, 9.17) is 5.73 Å². The Morgan fingerprint density at radius 2 is 2.35 bits per heavy atom. The molecule has 1 amide bonds. The van der Waals surface area contributed by atoms with Crippen LogP contribution in [-0.2, 0) is 11.2 Å². The van der Waals surface area contributed by atoms with Crippen LogP contribution in [0.4, 0.5) is 0 Å². The standard InChI is InChI=1S/C11H19N3OS.ClH/c1-3-14(11(15)8-9(2)12)6-4-10-13-5-7-16-10;/h5,7,9H,3-4,6,8,12H2,1-2H3;1H.